The van der Waals surface area contributed by atoms with Gasteiger partial charge in [-0.25, -0.2) is 0 Å². The average Bonchev–Trinajstić information content (AvgIpc) is 2.32. The third-order valence-electron chi connectivity index (χ3n) is 3.15. The predicted molar refractivity (Wildman–Crippen MR) is 88.5 cm³/mol. The Bertz CT molecular complexity index is 384. The topological polar surface area (TPSA) is 32.3 Å². The Morgan fingerprint density at radius 2 is 1.68 bits per heavy atom. The number of benzene rings is 1. The number of phenols is 1. The number of rotatable bonds is 7. The maximum atomic E-state index is 9.66. The van der Waals surface area contributed by atoms with Crippen LogP contribution in [0.1, 0.15) is 45.6 Å². The van der Waals surface area contributed by atoms with Gasteiger partial charge in [0.25, 0.3) is 0 Å². The molecule has 1 aromatic carbocycles. The highest BCUT2D eigenvalue weighted by molar-refractivity contribution is 9.11. The smallest absolute Gasteiger partial charge is 0.143 e. The van der Waals surface area contributed by atoms with Gasteiger partial charge in [0.05, 0.1) is 8.95 Å². The second kappa shape index (κ2) is 8.28. The van der Waals surface area contributed by atoms with Crippen LogP contribution >= 0.6 is 31.9 Å². The average molecular weight is 393 g/mol. The minimum atomic E-state index is 0.258. The molecule has 0 heterocycles. The summed E-state index contributed by atoms with van der Waals surface area (Å²) in [5.41, 5.74) is 1.16. The van der Waals surface area contributed by atoms with E-state index in [0.29, 0.717) is 6.04 Å². The fraction of sp³-hybridized carbons (Fsp3) is 0.600. The van der Waals surface area contributed by atoms with Crippen molar-refractivity contribution in [1.82, 2.24) is 5.32 Å². The van der Waals surface area contributed by atoms with Gasteiger partial charge in [0, 0.05) is 12.6 Å². The van der Waals surface area contributed by atoms with Gasteiger partial charge in [0.15, 0.2) is 0 Å². The molecule has 0 bridgehead atoms. The van der Waals surface area contributed by atoms with Crippen molar-refractivity contribution >= 4 is 31.9 Å². The standard InChI is InChI=1S/C15H23Br2NO/c1-10(2)5-4-6-11(3)18-9-12-7-13(16)15(19)14(17)8-12/h7-8,10-11,18-19H,4-6,9H2,1-3H3. The Balaban J connectivity index is 2.40. The fourth-order valence-electron chi connectivity index (χ4n) is 1.95. The second-order valence-electron chi connectivity index (χ2n) is 5.51. The number of nitrogens with one attached hydrogen (secondary N) is 1. The van der Waals surface area contributed by atoms with Crippen LogP contribution in [-0.4, -0.2) is 11.1 Å². The number of hydrogen-bond donors (Lipinski definition) is 2. The van der Waals surface area contributed by atoms with E-state index in [1.165, 1.54) is 19.3 Å². The Labute approximate surface area is 133 Å². The van der Waals surface area contributed by atoms with Gasteiger partial charge < -0.3 is 10.4 Å². The summed E-state index contributed by atoms with van der Waals surface area (Å²) in [7, 11) is 0. The lowest BCUT2D eigenvalue weighted by molar-refractivity contribution is 0.455. The van der Waals surface area contributed by atoms with Gasteiger partial charge in [-0.15, -0.1) is 0 Å². The zero-order chi connectivity index (χ0) is 14.4. The van der Waals surface area contributed by atoms with Crippen LogP contribution in [-0.2, 0) is 6.54 Å². The third kappa shape index (κ3) is 6.28. The summed E-state index contributed by atoms with van der Waals surface area (Å²) in [4.78, 5) is 0. The lowest BCUT2D eigenvalue weighted by atomic mass is 10.0. The molecule has 1 aromatic rings. The van der Waals surface area contributed by atoms with Gasteiger partial charge in [-0.2, -0.15) is 0 Å². The highest BCUT2D eigenvalue weighted by Crippen LogP contribution is 2.33. The molecular formula is C15H23Br2NO. The molecule has 0 spiro atoms. The van der Waals surface area contributed by atoms with E-state index in [1.807, 2.05) is 12.1 Å². The van der Waals surface area contributed by atoms with Crippen LogP contribution in [0.2, 0.25) is 0 Å². The molecular weight excluding hydrogens is 370 g/mol. The lowest BCUT2D eigenvalue weighted by Crippen LogP contribution is -2.25. The molecule has 2 N–H and O–H groups in total. The molecule has 0 aliphatic heterocycles. The molecule has 0 aliphatic carbocycles. The van der Waals surface area contributed by atoms with E-state index in [1.54, 1.807) is 0 Å². The monoisotopic (exact) mass is 391 g/mol. The summed E-state index contributed by atoms with van der Waals surface area (Å²) in [6.45, 7) is 7.58. The first-order valence-corrected chi connectivity index (χ1v) is 8.39. The zero-order valence-electron chi connectivity index (χ0n) is 11.8. The summed E-state index contributed by atoms with van der Waals surface area (Å²) in [5.74, 6) is 1.05. The van der Waals surface area contributed by atoms with Crippen LogP contribution in [0.5, 0.6) is 5.75 Å². The van der Waals surface area contributed by atoms with E-state index in [2.05, 4.69) is 57.9 Å². The zero-order valence-corrected chi connectivity index (χ0v) is 15.0. The number of aromatic hydroxyl groups is 1. The van der Waals surface area contributed by atoms with Crippen LogP contribution in [0.3, 0.4) is 0 Å². The van der Waals surface area contributed by atoms with Crippen molar-refractivity contribution in [3.63, 3.8) is 0 Å². The minimum Gasteiger partial charge on any atom is -0.506 e. The maximum Gasteiger partial charge on any atom is 0.143 e. The van der Waals surface area contributed by atoms with Gasteiger partial charge in [0.2, 0.25) is 0 Å². The summed E-state index contributed by atoms with van der Waals surface area (Å²) in [5, 5.41) is 13.2. The Morgan fingerprint density at radius 3 is 2.21 bits per heavy atom. The van der Waals surface area contributed by atoms with Crippen molar-refractivity contribution in [3.05, 3.63) is 26.6 Å². The Morgan fingerprint density at radius 1 is 1.11 bits per heavy atom. The second-order valence-corrected chi connectivity index (χ2v) is 7.22. The molecule has 0 fully saturated rings. The Hall–Kier alpha value is -0.0600. The first-order valence-electron chi connectivity index (χ1n) is 6.80. The van der Waals surface area contributed by atoms with Gasteiger partial charge in [-0.05, 0) is 68.8 Å². The normalized spacial score (nSPS) is 12.9. The van der Waals surface area contributed by atoms with Gasteiger partial charge in [0.1, 0.15) is 5.75 Å². The van der Waals surface area contributed by atoms with Crippen LogP contribution < -0.4 is 5.32 Å². The van der Waals surface area contributed by atoms with E-state index in [-0.39, 0.29) is 5.75 Å². The molecule has 4 heteroatoms. The van der Waals surface area contributed by atoms with Crippen molar-refractivity contribution in [2.45, 2.75) is 52.6 Å². The lowest BCUT2D eigenvalue weighted by Gasteiger charge is -2.15. The molecule has 0 amide bonds. The SMILES string of the molecule is CC(C)CCCC(C)NCc1cc(Br)c(O)c(Br)c1. The first-order chi connectivity index (χ1) is 8.90. The van der Waals surface area contributed by atoms with Crippen molar-refractivity contribution in [2.24, 2.45) is 5.92 Å². The minimum absolute atomic E-state index is 0.258. The quantitative estimate of drug-likeness (QED) is 0.666. The van der Waals surface area contributed by atoms with Crippen LogP contribution in [0.4, 0.5) is 0 Å². The molecule has 0 aliphatic rings. The summed E-state index contributed by atoms with van der Waals surface area (Å²) in [6, 6.07) is 4.42. The molecule has 2 nitrogen and oxygen atoms in total. The molecule has 1 unspecified atom stereocenters. The highest BCUT2D eigenvalue weighted by atomic mass is 79.9. The molecule has 19 heavy (non-hydrogen) atoms. The van der Waals surface area contributed by atoms with Gasteiger partial charge in [-0.3, -0.25) is 0 Å². The van der Waals surface area contributed by atoms with Crippen LogP contribution in [0, 0.1) is 5.92 Å². The molecule has 108 valence electrons. The van der Waals surface area contributed by atoms with Crippen molar-refractivity contribution in [1.29, 1.82) is 0 Å². The van der Waals surface area contributed by atoms with Crippen molar-refractivity contribution < 1.29 is 5.11 Å². The molecule has 0 saturated carbocycles. The van der Waals surface area contributed by atoms with E-state index in [9.17, 15) is 5.11 Å². The van der Waals surface area contributed by atoms with Gasteiger partial charge in [-0.1, -0.05) is 26.7 Å². The molecule has 0 saturated heterocycles. The molecule has 1 atom stereocenters. The van der Waals surface area contributed by atoms with E-state index in [4.69, 9.17) is 0 Å². The third-order valence-corrected chi connectivity index (χ3v) is 4.36. The van der Waals surface area contributed by atoms with Gasteiger partial charge >= 0.3 is 0 Å². The van der Waals surface area contributed by atoms with E-state index in [0.717, 1.165) is 27.0 Å². The first kappa shape index (κ1) is 17.0. The maximum absolute atomic E-state index is 9.66. The predicted octanol–water partition coefficient (Wildman–Crippen LogP) is 5.22. The van der Waals surface area contributed by atoms with E-state index >= 15 is 0 Å². The molecule has 0 aromatic heterocycles. The summed E-state index contributed by atoms with van der Waals surface area (Å²) < 4.78 is 1.46. The van der Waals surface area contributed by atoms with Crippen molar-refractivity contribution in [3.8, 4) is 5.75 Å². The largest absolute Gasteiger partial charge is 0.506 e. The summed E-state index contributed by atoms with van der Waals surface area (Å²) >= 11 is 6.71. The van der Waals surface area contributed by atoms with Crippen LogP contribution in [0.25, 0.3) is 0 Å². The molecule has 1 rings (SSSR count). The van der Waals surface area contributed by atoms with Crippen LogP contribution in [0.15, 0.2) is 21.1 Å². The van der Waals surface area contributed by atoms with E-state index < -0.39 is 0 Å². The number of hydrogen-bond acceptors (Lipinski definition) is 2. The number of phenolic OH excluding ortho intramolecular Hbond substituents is 1. The fourth-order valence-corrected chi connectivity index (χ4v) is 3.23. The molecule has 0 radical (unpaired) electrons. The highest BCUT2D eigenvalue weighted by Gasteiger charge is 2.07. The Kier molecular flexibility index (Phi) is 7.40. The van der Waals surface area contributed by atoms with Crippen molar-refractivity contribution in [2.75, 3.05) is 0 Å². The summed E-state index contributed by atoms with van der Waals surface area (Å²) in [6.07, 6.45) is 3.77. The number of halogens is 2.